The molecule has 1 aromatic carbocycles. The number of hydrogen-bond acceptors (Lipinski definition) is 4. The summed E-state index contributed by atoms with van der Waals surface area (Å²) in [5.74, 6) is 0.105. The molecule has 104 valence electrons. The van der Waals surface area contributed by atoms with Gasteiger partial charge < -0.3 is 15.3 Å². The maximum Gasteiger partial charge on any atom is 0.159 e. The van der Waals surface area contributed by atoms with E-state index in [1.165, 1.54) is 0 Å². The lowest BCUT2D eigenvalue weighted by molar-refractivity contribution is 0.101. The van der Waals surface area contributed by atoms with Crippen molar-refractivity contribution in [2.45, 2.75) is 25.8 Å². The van der Waals surface area contributed by atoms with Gasteiger partial charge in [-0.15, -0.1) is 0 Å². The van der Waals surface area contributed by atoms with Crippen LogP contribution in [0, 0.1) is 0 Å². The third kappa shape index (κ3) is 3.78. The van der Waals surface area contributed by atoms with Crippen LogP contribution in [0.1, 0.15) is 30.1 Å². The number of piperidine rings is 1. The Bertz CT molecular complexity index is 434. The Hall–Kier alpha value is -1.39. The van der Waals surface area contributed by atoms with Gasteiger partial charge in [0.15, 0.2) is 5.78 Å². The standard InChI is InChI=1S/C15H22N2O2/c1-12(19)13-4-2-6-15(10-13)17-8-3-5-14(11-17)16-7-9-18/h2,4,6,10,14,16,18H,3,5,7-9,11H2,1H3. The molecule has 1 aliphatic rings. The Kier molecular flexibility index (Phi) is 4.93. The highest BCUT2D eigenvalue weighted by atomic mass is 16.3. The van der Waals surface area contributed by atoms with E-state index >= 15 is 0 Å². The lowest BCUT2D eigenvalue weighted by Crippen LogP contribution is -2.46. The second-order valence-electron chi connectivity index (χ2n) is 5.07. The average molecular weight is 262 g/mol. The van der Waals surface area contributed by atoms with Gasteiger partial charge in [-0.1, -0.05) is 12.1 Å². The summed E-state index contributed by atoms with van der Waals surface area (Å²) in [6.07, 6.45) is 2.27. The molecule has 0 saturated carbocycles. The van der Waals surface area contributed by atoms with Crippen LogP contribution in [-0.4, -0.2) is 43.2 Å². The summed E-state index contributed by atoms with van der Waals surface area (Å²) in [5.41, 5.74) is 1.88. The van der Waals surface area contributed by atoms with Gasteiger partial charge >= 0.3 is 0 Å². The minimum absolute atomic E-state index is 0.105. The average Bonchev–Trinajstić information content (AvgIpc) is 2.45. The normalized spacial score (nSPS) is 19.5. The Balaban J connectivity index is 2.04. The van der Waals surface area contributed by atoms with Gasteiger partial charge in [-0.05, 0) is 31.9 Å². The number of anilines is 1. The Labute approximate surface area is 114 Å². The zero-order valence-electron chi connectivity index (χ0n) is 11.4. The van der Waals surface area contributed by atoms with Gasteiger partial charge in [-0.2, -0.15) is 0 Å². The first-order valence-corrected chi connectivity index (χ1v) is 6.91. The molecule has 0 spiro atoms. The van der Waals surface area contributed by atoms with Gasteiger partial charge in [0, 0.05) is 36.9 Å². The number of nitrogens with zero attached hydrogens (tertiary/aromatic N) is 1. The number of ketones is 1. The summed E-state index contributed by atoms with van der Waals surface area (Å²) < 4.78 is 0. The highest BCUT2D eigenvalue weighted by Gasteiger charge is 2.19. The summed E-state index contributed by atoms with van der Waals surface area (Å²) in [6, 6.07) is 8.24. The molecule has 1 atom stereocenters. The molecule has 4 heteroatoms. The van der Waals surface area contributed by atoms with E-state index in [0.29, 0.717) is 12.6 Å². The number of carbonyl (C=O) groups excluding carboxylic acids is 1. The number of carbonyl (C=O) groups is 1. The predicted molar refractivity (Wildman–Crippen MR) is 76.8 cm³/mol. The second kappa shape index (κ2) is 6.68. The molecule has 1 fully saturated rings. The fourth-order valence-corrected chi connectivity index (χ4v) is 2.57. The van der Waals surface area contributed by atoms with E-state index in [-0.39, 0.29) is 12.4 Å². The fraction of sp³-hybridized carbons (Fsp3) is 0.533. The first kappa shape index (κ1) is 14.0. The number of aliphatic hydroxyl groups is 1. The Morgan fingerprint density at radius 1 is 1.53 bits per heavy atom. The van der Waals surface area contributed by atoms with Crippen LogP contribution in [-0.2, 0) is 0 Å². The molecule has 2 rings (SSSR count). The van der Waals surface area contributed by atoms with Gasteiger partial charge in [-0.25, -0.2) is 0 Å². The minimum Gasteiger partial charge on any atom is -0.395 e. The number of aliphatic hydroxyl groups excluding tert-OH is 1. The molecule has 1 aromatic rings. The number of nitrogens with one attached hydrogen (secondary N) is 1. The molecular weight excluding hydrogens is 240 g/mol. The van der Waals surface area contributed by atoms with Crippen molar-refractivity contribution in [1.82, 2.24) is 5.32 Å². The van der Waals surface area contributed by atoms with E-state index in [1.54, 1.807) is 6.92 Å². The van der Waals surface area contributed by atoms with E-state index < -0.39 is 0 Å². The van der Waals surface area contributed by atoms with E-state index in [2.05, 4.69) is 16.3 Å². The zero-order chi connectivity index (χ0) is 13.7. The van der Waals surface area contributed by atoms with Crippen molar-refractivity contribution in [3.8, 4) is 0 Å². The van der Waals surface area contributed by atoms with Gasteiger partial charge in [0.2, 0.25) is 0 Å². The SMILES string of the molecule is CC(=O)c1cccc(N2CCCC(NCCO)C2)c1. The van der Waals surface area contributed by atoms with Crippen molar-refractivity contribution in [2.75, 3.05) is 31.1 Å². The van der Waals surface area contributed by atoms with E-state index in [0.717, 1.165) is 37.2 Å². The predicted octanol–water partition coefficient (Wildman–Crippen LogP) is 1.44. The van der Waals surface area contributed by atoms with Crippen LogP contribution in [0.3, 0.4) is 0 Å². The quantitative estimate of drug-likeness (QED) is 0.788. The molecule has 1 saturated heterocycles. The van der Waals surface area contributed by atoms with E-state index in [9.17, 15) is 4.79 Å². The number of Topliss-reactive ketones (excluding diaryl/α,β-unsaturated/α-hetero) is 1. The third-order valence-corrected chi connectivity index (χ3v) is 3.58. The fourth-order valence-electron chi connectivity index (χ4n) is 2.57. The van der Waals surface area contributed by atoms with Crippen LogP contribution in [0.25, 0.3) is 0 Å². The van der Waals surface area contributed by atoms with Gasteiger partial charge in [-0.3, -0.25) is 4.79 Å². The van der Waals surface area contributed by atoms with Gasteiger partial charge in [0.05, 0.1) is 6.61 Å². The Morgan fingerprint density at radius 2 is 2.37 bits per heavy atom. The molecule has 0 aliphatic carbocycles. The molecule has 1 heterocycles. The van der Waals surface area contributed by atoms with Crippen LogP contribution in [0.5, 0.6) is 0 Å². The first-order valence-electron chi connectivity index (χ1n) is 6.91. The summed E-state index contributed by atoms with van der Waals surface area (Å²) >= 11 is 0. The number of benzene rings is 1. The third-order valence-electron chi connectivity index (χ3n) is 3.58. The molecule has 0 amide bonds. The van der Waals surface area contributed by atoms with Crippen molar-refractivity contribution >= 4 is 11.5 Å². The zero-order valence-corrected chi connectivity index (χ0v) is 11.4. The molecule has 0 bridgehead atoms. The smallest absolute Gasteiger partial charge is 0.159 e. The largest absolute Gasteiger partial charge is 0.395 e. The van der Waals surface area contributed by atoms with Gasteiger partial charge in [0.1, 0.15) is 0 Å². The van der Waals surface area contributed by atoms with Crippen LogP contribution in [0.15, 0.2) is 24.3 Å². The molecule has 0 aromatic heterocycles. The number of rotatable bonds is 5. The van der Waals surface area contributed by atoms with Crippen LogP contribution in [0.4, 0.5) is 5.69 Å². The topological polar surface area (TPSA) is 52.6 Å². The highest BCUT2D eigenvalue weighted by molar-refractivity contribution is 5.94. The van der Waals surface area contributed by atoms with Crippen LogP contribution < -0.4 is 10.2 Å². The maximum atomic E-state index is 11.4. The van der Waals surface area contributed by atoms with E-state index in [4.69, 9.17) is 5.11 Å². The summed E-state index contributed by atoms with van der Waals surface area (Å²) in [7, 11) is 0. The molecule has 2 N–H and O–H groups in total. The van der Waals surface area contributed by atoms with Crippen LogP contribution >= 0.6 is 0 Å². The highest BCUT2D eigenvalue weighted by Crippen LogP contribution is 2.21. The van der Waals surface area contributed by atoms with Crippen LogP contribution in [0.2, 0.25) is 0 Å². The number of hydrogen-bond donors (Lipinski definition) is 2. The lowest BCUT2D eigenvalue weighted by Gasteiger charge is -2.35. The summed E-state index contributed by atoms with van der Waals surface area (Å²) in [5, 5.41) is 12.2. The first-order chi connectivity index (χ1) is 9.20. The summed E-state index contributed by atoms with van der Waals surface area (Å²) in [6.45, 7) is 4.38. The van der Waals surface area contributed by atoms with Crippen molar-refractivity contribution in [2.24, 2.45) is 0 Å². The van der Waals surface area contributed by atoms with E-state index in [1.807, 2.05) is 18.2 Å². The second-order valence-corrected chi connectivity index (χ2v) is 5.07. The van der Waals surface area contributed by atoms with Gasteiger partial charge in [0.25, 0.3) is 0 Å². The molecule has 0 radical (unpaired) electrons. The van der Waals surface area contributed by atoms with Crippen molar-refractivity contribution < 1.29 is 9.90 Å². The molecule has 4 nitrogen and oxygen atoms in total. The summed E-state index contributed by atoms with van der Waals surface area (Å²) in [4.78, 5) is 13.7. The monoisotopic (exact) mass is 262 g/mol. The van der Waals surface area contributed by atoms with Crippen molar-refractivity contribution in [1.29, 1.82) is 0 Å². The molecule has 1 unspecified atom stereocenters. The molecule has 1 aliphatic heterocycles. The Morgan fingerprint density at radius 3 is 3.11 bits per heavy atom. The maximum absolute atomic E-state index is 11.4. The van der Waals surface area contributed by atoms with Crippen molar-refractivity contribution in [3.05, 3.63) is 29.8 Å². The molecular formula is C15H22N2O2. The minimum atomic E-state index is 0.105. The lowest BCUT2D eigenvalue weighted by atomic mass is 10.0. The molecule has 19 heavy (non-hydrogen) atoms. The van der Waals surface area contributed by atoms with Crippen molar-refractivity contribution in [3.63, 3.8) is 0 Å².